The van der Waals surface area contributed by atoms with Crippen LogP contribution in [0.3, 0.4) is 0 Å². The van der Waals surface area contributed by atoms with Crippen LogP contribution in [0.1, 0.15) is 5.69 Å². The quantitative estimate of drug-likeness (QED) is 0.625. The van der Waals surface area contributed by atoms with E-state index in [0.29, 0.717) is 21.6 Å². The molecular formula is C7H8ClN7S. The Balaban J connectivity index is 2.38. The average Bonchev–Trinajstić information content (AvgIpc) is 2.60. The maximum atomic E-state index is 5.84. The van der Waals surface area contributed by atoms with Crippen LogP contribution in [0.4, 0.5) is 5.69 Å². The highest BCUT2D eigenvalue weighted by atomic mass is 35.5. The second-order valence-corrected chi connectivity index (χ2v) is 4.28. The van der Waals surface area contributed by atoms with Gasteiger partial charge in [0.1, 0.15) is 5.03 Å². The van der Waals surface area contributed by atoms with Gasteiger partial charge in [0.25, 0.3) is 0 Å². The molecule has 2 heterocycles. The third-order valence-electron chi connectivity index (χ3n) is 1.84. The van der Waals surface area contributed by atoms with Gasteiger partial charge < -0.3 is 5.73 Å². The maximum Gasteiger partial charge on any atom is 0.223 e. The van der Waals surface area contributed by atoms with Gasteiger partial charge in [-0.25, -0.2) is 14.6 Å². The molecule has 0 bridgehead atoms. The highest BCUT2D eigenvalue weighted by Gasteiger charge is 2.12. The number of hydrogen-bond donors (Lipinski definition) is 1. The van der Waals surface area contributed by atoms with Gasteiger partial charge in [-0.1, -0.05) is 0 Å². The second kappa shape index (κ2) is 4.22. The Kier molecular flexibility index (Phi) is 2.92. The van der Waals surface area contributed by atoms with Crippen molar-refractivity contribution in [3.63, 3.8) is 0 Å². The Morgan fingerprint density at radius 3 is 2.75 bits per heavy atom. The van der Waals surface area contributed by atoms with Crippen molar-refractivity contribution in [1.29, 1.82) is 0 Å². The third kappa shape index (κ3) is 2.07. The lowest BCUT2D eigenvalue weighted by atomic mass is 10.4. The van der Waals surface area contributed by atoms with Crippen LogP contribution in [0.2, 0.25) is 5.28 Å². The van der Waals surface area contributed by atoms with Crippen LogP contribution in [-0.4, -0.2) is 30.2 Å². The van der Waals surface area contributed by atoms with Gasteiger partial charge in [-0.2, -0.15) is 0 Å². The van der Waals surface area contributed by atoms with Crippen LogP contribution in [0.25, 0.3) is 0 Å². The fourth-order valence-electron chi connectivity index (χ4n) is 0.994. The fourth-order valence-corrected chi connectivity index (χ4v) is 2.06. The van der Waals surface area contributed by atoms with Crippen molar-refractivity contribution in [3.05, 3.63) is 11.0 Å². The van der Waals surface area contributed by atoms with Gasteiger partial charge >= 0.3 is 0 Å². The van der Waals surface area contributed by atoms with Gasteiger partial charge in [-0.15, -0.1) is 5.10 Å². The van der Waals surface area contributed by atoms with Gasteiger partial charge in [0, 0.05) is 7.05 Å². The molecule has 0 aliphatic carbocycles. The molecule has 0 unspecified atom stereocenters. The molecule has 0 radical (unpaired) electrons. The van der Waals surface area contributed by atoms with E-state index in [4.69, 9.17) is 17.3 Å². The number of tetrazole rings is 1. The lowest BCUT2D eigenvalue weighted by Gasteiger charge is -2.05. The van der Waals surface area contributed by atoms with Crippen LogP contribution >= 0.6 is 23.4 Å². The summed E-state index contributed by atoms with van der Waals surface area (Å²) < 4.78 is 1.52. The van der Waals surface area contributed by atoms with Crippen molar-refractivity contribution in [1.82, 2.24) is 30.2 Å². The smallest absolute Gasteiger partial charge is 0.223 e. The number of nitrogens with two attached hydrogens (primary N) is 1. The van der Waals surface area contributed by atoms with E-state index in [9.17, 15) is 0 Å². The number of nitrogen functional groups attached to an aromatic ring is 1. The summed E-state index contributed by atoms with van der Waals surface area (Å²) in [6, 6.07) is 0. The first-order chi connectivity index (χ1) is 7.58. The summed E-state index contributed by atoms with van der Waals surface area (Å²) in [7, 11) is 1.73. The first-order valence-electron chi connectivity index (χ1n) is 4.27. The molecule has 2 aromatic heterocycles. The molecule has 2 rings (SSSR count). The number of rotatable bonds is 2. The number of aryl methyl sites for hydroxylation is 2. The Hall–Kier alpha value is -1.41. The lowest BCUT2D eigenvalue weighted by molar-refractivity contribution is 0.664. The maximum absolute atomic E-state index is 5.84. The largest absolute Gasteiger partial charge is 0.395 e. The number of nitrogens with zero attached hydrogens (tertiary/aromatic N) is 6. The summed E-state index contributed by atoms with van der Waals surface area (Å²) in [6.07, 6.45) is 0. The summed E-state index contributed by atoms with van der Waals surface area (Å²) >= 11 is 6.99. The summed E-state index contributed by atoms with van der Waals surface area (Å²) in [5.74, 6) is 0. The summed E-state index contributed by atoms with van der Waals surface area (Å²) in [6.45, 7) is 1.77. The minimum absolute atomic E-state index is 0.157. The van der Waals surface area contributed by atoms with E-state index >= 15 is 0 Å². The minimum atomic E-state index is 0.157. The molecule has 0 aliphatic rings. The predicted octanol–water partition coefficient (Wildman–Crippen LogP) is 0.695. The molecule has 7 nitrogen and oxygen atoms in total. The minimum Gasteiger partial charge on any atom is -0.395 e. The molecule has 2 aromatic rings. The zero-order valence-corrected chi connectivity index (χ0v) is 10.1. The molecule has 0 spiro atoms. The predicted molar refractivity (Wildman–Crippen MR) is 59.1 cm³/mol. The fraction of sp³-hybridized carbons (Fsp3) is 0.286. The first-order valence-corrected chi connectivity index (χ1v) is 5.47. The Morgan fingerprint density at radius 2 is 2.12 bits per heavy atom. The molecule has 0 fully saturated rings. The number of halogens is 1. The van der Waals surface area contributed by atoms with Crippen LogP contribution in [-0.2, 0) is 7.05 Å². The number of aromatic nitrogens is 6. The molecule has 0 amide bonds. The number of hydrogen-bond acceptors (Lipinski definition) is 7. The van der Waals surface area contributed by atoms with E-state index in [0.717, 1.165) is 0 Å². The Labute approximate surface area is 100 Å². The summed E-state index contributed by atoms with van der Waals surface area (Å²) in [4.78, 5) is 7.98. The molecule has 0 saturated heterocycles. The molecule has 16 heavy (non-hydrogen) atoms. The Morgan fingerprint density at radius 1 is 1.38 bits per heavy atom. The van der Waals surface area contributed by atoms with E-state index in [2.05, 4.69) is 25.5 Å². The standard InChI is InChI=1S/C7H8ClN7S/c1-3-4(9)5(11-6(8)10-3)16-7-12-13-14-15(7)2/h9H2,1-2H3. The monoisotopic (exact) mass is 257 g/mol. The molecule has 84 valence electrons. The van der Waals surface area contributed by atoms with Crippen LogP contribution in [0.15, 0.2) is 10.2 Å². The van der Waals surface area contributed by atoms with Crippen molar-refractivity contribution in [2.45, 2.75) is 17.1 Å². The van der Waals surface area contributed by atoms with E-state index < -0.39 is 0 Å². The Bertz CT molecular complexity index is 525. The van der Waals surface area contributed by atoms with Gasteiger partial charge in [-0.3, -0.25) is 0 Å². The van der Waals surface area contributed by atoms with Crippen molar-refractivity contribution in [2.75, 3.05) is 5.73 Å². The second-order valence-electron chi connectivity index (χ2n) is 2.98. The third-order valence-corrected chi connectivity index (χ3v) is 3.05. The lowest BCUT2D eigenvalue weighted by Crippen LogP contribution is -2.01. The van der Waals surface area contributed by atoms with Crippen molar-refractivity contribution in [2.24, 2.45) is 7.05 Å². The van der Waals surface area contributed by atoms with E-state index in [-0.39, 0.29) is 5.28 Å². The SMILES string of the molecule is Cc1nc(Cl)nc(Sc2nnnn2C)c1N. The van der Waals surface area contributed by atoms with Crippen molar-refractivity contribution < 1.29 is 0 Å². The normalized spacial score (nSPS) is 10.7. The summed E-state index contributed by atoms with van der Waals surface area (Å²) in [5.41, 5.74) is 6.96. The molecular weight excluding hydrogens is 250 g/mol. The van der Waals surface area contributed by atoms with Crippen LogP contribution in [0, 0.1) is 6.92 Å². The average molecular weight is 258 g/mol. The first kappa shape index (κ1) is 11.1. The van der Waals surface area contributed by atoms with Crippen molar-refractivity contribution in [3.8, 4) is 0 Å². The molecule has 9 heteroatoms. The van der Waals surface area contributed by atoms with Gasteiger partial charge in [0.05, 0.1) is 11.4 Å². The van der Waals surface area contributed by atoms with Gasteiger partial charge in [0.2, 0.25) is 10.4 Å². The topological polar surface area (TPSA) is 95.4 Å². The molecule has 0 aliphatic heterocycles. The molecule has 0 aromatic carbocycles. The highest BCUT2D eigenvalue weighted by molar-refractivity contribution is 7.99. The molecule has 2 N–H and O–H groups in total. The number of anilines is 1. The zero-order chi connectivity index (χ0) is 11.7. The van der Waals surface area contributed by atoms with Gasteiger partial charge in [0.15, 0.2) is 0 Å². The zero-order valence-electron chi connectivity index (χ0n) is 8.55. The van der Waals surface area contributed by atoms with E-state index in [1.54, 1.807) is 14.0 Å². The van der Waals surface area contributed by atoms with E-state index in [1.165, 1.54) is 16.4 Å². The van der Waals surface area contributed by atoms with Crippen molar-refractivity contribution >= 4 is 29.1 Å². The molecule has 0 atom stereocenters. The highest BCUT2D eigenvalue weighted by Crippen LogP contribution is 2.30. The van der Waals surface area contributed by atoms with Crippen LogP contribution in [0.5, 0.6) is 0 Å². The summed E-state index contributed by atoms with van der Waals surface area (Å²) in [5, 5.41) is 12.3. The van der Waals surface area contributed by atoms with E-state index in [1.807, 2.05) is 0 Å². The molecule has 0 saturated carbocycles. The van der Waals surface area contributed by atoms with Gasteiger partial charge in [-0.05, 0) is 40.7 Å². The van der Waals surface area contributed by atoms with Crippen LogP contribution < -0.4 is 5.73 Å².